The molecule has 180 valence electrons. The van der Waals surface area contributed by atoms with Crippen LogP contribution in [-0.2, 0) is 13.1 Å². The molecule has 0 radical (unpaired) electrons. The second kappa shape index (κ2) is 11.3. The lowest BCUT2D eigenvalue weighted by Crippen LogP contribution is -2.35. The van der Waals surface area contributed by atoms with Gasteiger partial charge in [-0.15, -0.1) is 0 Å². The molecule has 3 aromatic carbocycles. The summed E-state index contributed by atoms with van der Waals surface area (Å²) in [5.41, 5.74) is 2.06. The molecular formula is C28H29ClN4O2. The van der Waals surface area contributed by atoms with Crippen LogP contribution < -0.4 is 5.56 Å². The molecule has 0 saturated heterocycles. The molecule has 0 atom stereocenters. The second-order valence-electron chi connectivity index (χ2n) is 8.83. The molecule has 7 heteroatoms. The quantitative estimate of drug-likeness (QED) is 0.343. The highest BCUT2D eigenvalue weighted by molar-refractivity contribution is 6.31. The van der Waals surface area contributed by atoms with Crippen molar-refractivity contribution in [3.63, 3.8) is 0 Å². The van der Waals surface area contributed by atoms with Crippen molar-refractivity contribution >= 4 is 28.3 Å². The van der Waals surface area contributed by atoms with Gasteiger partial charge in [0.2, 0.25) is 0 Å². The van der Waals surface area contributed by atoms with Crippen molar-refractivity contribution in [1.29, 1.82) is 0 Å². The number of carbonyl (C=O) groups is 1. The zero-order valence-corrected chi connectivity index (χ0v) is 20.8. The van der Waals surface area contributed by atoms with Gasteiger partial charge >= 0.3 is 0 Å². The van der Waals surface area contributed by atoms with Gasteiger partial charge in [-0.25, -0.2) is 4.68 Å². The molecule has 4 aromatic rings. The Kier molecular flexibility index (Phi) is 7.95. The summed E-state index contributed by atoms with van der Waals surface area (Å²) in [4.78, 5) is 30.6. The van der Waals surface area contributed by atoms with Crippen LogP contribution in [0.5, 0.6) is 0 Å². The van der Waals surface area contributed by atoms with Crippen molar-refractivity contribution < 1.29 is 4.79 Å². The third kappa shape index (κ3) is 6.15. The Morgan fingerprint density at radius 1 is 0.914 bits per heavy atom. The minimum absolute atomic E-state index is 0.0675. The van der Waals surface area contributed by atoms with E-state index in [4.69, 9.17) is 16.7 Å². The lowest BCUT2D eigenvalue weighted by atomic mass is 10.1. The molecule has 0 aliphatic heterocycles. The van der Waals surface area contributed by atoms with Gasteiger partial charge in [-0.2, -0.15) is 5.10 Å². The number of halogens is 1. The third-order valence-corrected chi connectivity index (χ3v) is 6.09. The van der Waals surface area contributed by atoms with E-state index in [1.54, 1.807) is 23.1 Å². The highest BCUT2D eigenvalue weighted by Gasteiger charge is 2.20. The molecule has 1 heterocycles. The Bertz CT molecular complexity index is 1350. The van der Waals surface area contributed by atoms with E-state index < -0.39 is 0 Å². The fraction of sp³-hybridized carbons (Fsp3) is 0.250. The number of carbonyl (C=O) groups excluding carboxylic acids is 1. The van der Waals surface area contributed by atoms with E-state index in [0.29, 0.717) is 40.1 Å². The highest BCUT2D eigenvalue weighted by atomic mass is 35.5. The minimum Gasteiger partial charge on any atom is -0.333 e. The van der Waals surface area contributed by atoms with Gasteiger partial charge in [0.15, 0.2) is 0 Å². The molecule has 0 spiro atoms. The maximum Gasteiger partial charge on any atom is 0.274 e. The number of fused-ring (bicyclic) bond motifs is 1. The molecular weight excluding hydrogens is 460 g/mol. The van der Waals surface area contributed by atoms with Crippen LogP contribution in [0, 0.1) is 0 Å². The molecule has 1 amide bonds. The van der Waals surface area contributed by atoms with Gasteiger partial charge in [-0.3, -0.25) is 9.59 Å². The van der Waals surface area contributed by atoms with E-state index in [1.807, 2.05) is 74.8 Å². The SMILES string of the molecule is CN(C)CCCN(Cc1nn(Cc2ccccc2)c(=O)c2ccc(Cl)cc12)C(=O)c1ccccc1. The number of amides is 1. The summed E-state index contributed by atoms with van der Waals surface area (Å²) < 4.78 is 1.48. The first-order valence-electron chi connectivity index (χ1n) is 11.6. The van der Waals surface area contributed by atoms with Gasteiger partial charge in [0, 0.05) is 22.5 Å². The molecule has 6 nitrogen and oxygen atoms in total. The Labute approximate surface area is 210 Å². The van der Waals surface area contributed by atoms with Crippen LogP contribution in [0.15, 0.2) is 83.7 Å². The fourth-order valence-corrected chi connectivity index (χ4v) is 4.25. The van der Waals surface area contributed by atoms with Crippen molar-refractivity contribution in [2.45, 2.75) is 19.5 Å². The van der Waals surface area contributed by atoms with Gasteiger partial charge in [-0.05, 0) is 63.0 Å². The minimum atomic E-state index is -0.183. The molecule has 0 fully saturated rings. The molecule has 0 aliphatic rings. The van der Waals surface area contributed by atoms with Gasteiger partial charge in [0.1, 0.15) is 0 Å². The van der Waals surface area contributed by atoms with Crippen LogP contribution in [0.2, 0.25) is 5.02 Å². The summed E-state index contributed by atoms with van der Waals surface area (Å²) in [6, 6.07) is 24.2. The normalized spacial score (nSPS) is 11.2. The maximum atomic E-state index is 13.5. The summed E-state index contributed by atoms with van der Waals surface area (Å²) in [5, 5.41) is 6.47. The molecule has 35 heavy (non-hydrogen) atoms. The zero-order valence-electron chi connectivity index (χ0n) is 20.0. The largest absolute Gasteiger partial charge is 0.333 e. The van der Waals surface area contributed by atoms with Crippen molar-refractivity contribution in [2.75, 3.05) is 27.2 Å². The molecule has 0 unspecified atom stereocenters. The van der Waals surface area contributed by atoms with Crippen LogP contribution in [0.25, 0.3) is 10.8 Å². The molecule has 0 aliphatic carbocycles. The van der Waals surface area contributed by atoms with E-state index in [0.717, 1.165) is 18.5 Å². The van der Waals surface area contributed by atoms with Gasteiger partial charge < -0.3 is 9.80 Å². The van der Waals surface area contributed by atoms with Crippen molar-refractivity contribution in [3.8, 4) is 0 Å². The van der Waals surface area contributed by atoms with E-state index in [1.165, 1.54) is 4.68 Å². The first kappa shape index (κ1) is 24.6. The van der Waals surface area contributed by atoms with E-state index in [-0.39, 0.29) is 18.0 Å². The number of nitrogens with zero attached hydrogens (tertiary/aromatic N) is 4. The number of hydrogen-bond donors (Lipinski definition) is 0. The molecule has 1 aromatic heterocycles. The summed E-state index contributed by atoms with van der Waals surface area (Å²) in [6.07, 6.45) is 0.813. The predicted octanol–water partition coefficient (Wildman–Crippen LogP) is 4.69. The second-order valence-corrected chi connectivity index (χ2v) is 9.27. The van der Waals surface area contributed by atoms with Gasteiger partial charge in [0.05, 0.1) is 24.2 Å². The standard InChI is InChI=1S/C28H29ClN4O2/c1-31(2)16-9-17-32(27(34)22-12-7-4-8-13-22)20-26-25-18-23(29)14-15-24(25)28(35)33(30-26)19-21-10-5-3-6-11-21/h3-8,10-15,18H,9,16-17,19-20H2,1-2H3. The van der Waals surface area contributed by atoms with Crippen molar-refractivity contribution in [2.24, 2.45) is 0 Å². The van der Waals surface area contributed by atoms with Crippen LogP contribution in [0.1, 0.15) is 28.0 Å². The van der Waals surface area contributed by atoms with Crippen LogP contribution >= 0.6 is 11.6 Å². The monoisotopic (exact) mass is 488 g/mol. The zero-order chi connectivity index (χ0) is 24.8. The Hall–Kier alpha value is -3.48. The van der Waals surface area contributed by atoms with Crippen molar-refractivity contribution in [3.05, 3.63) is 111 Å². The number of hydrogen-bond acceptors (Lipinski definition) is 4. The lowest BCUT2D eigenvalue weighted by Gasteiger charge is -2.24. The average Bonchev–Trinajstić information content (AvgIpc) is 2.86. The summed E-state index contributed by atoms with van der Waals surface area (Å²) in [6.45, 7) is 2.03. The number of rotatable bonds is 9. The number of aromatic nitrogens is 2. The maximum absolute atomic E-state index is 13.5. The van der Waals surface area contributed by atoms with Crippen LogP contribution in [0.4, 0.5) is 0 Å². The Morgan fingerprint density at radius 3 is 2.29 bits per heavy atom. The van der Waals surface area contributed by atoms with Gasteiger partial charge in [0.25, 0.3) is 11.5 Å². The highest BCUT2D eigenvalue weighted by Crippen LogP contribution is 2.21. The summed E-state index contributed by atoms with van der Waals surface area (Å²) in [7, 11) is 4.03. The van der Waals surface area contributed by atoms with E-state index in [2.05, 4.69) is 4.90 Å². The van der Waals surface area contributed by atoms with Crippen LogP contribution in [-0.4, -0.2) is 52.7 Å². The van der Waals surface area contributed by atoms with E-state index >= 15 is 0 Å². The summed E-state index contributed by atoms with van der Waals surface area (Å²) in [5.74, 6) is -0.0675. The van der Waals surface area contributed by atoms with Gasteiger partial charge in [-0.1, -0.05) is 60.1 Å². The van der Waals surface area contributed by atoms with Crippen LogP contribution in [0.3, 0.4) is 0 Å². The first-order chi connectivity index (χ1) is 16.9. The molecule has 0 bridgehead atoms. The average molecular weight is 489 g/mol. The topological polar surface area (TPSA) is 58.4 Å². The van der Waals surface area contributed by atoms with E-state index in [9.17, 15) is 9.59 Å². The smallest absolute Gasteiger partial charge is 0.274 e. The number of benzene rings is 3. The predicted molar refractivity (Wildman–Crippen MR) is 141 cm³/mol. The molecule has 0 N–H and O–H groups in total. The lowest BCUT2D eigenvalue weighted by molar-refractivity contribution is 0.0735. The molecule has 0 saturated carbocycles. The summed E-state index contributed by atoms with van der Waals surface area (Å²) >= 11 is 6.30. The Morgan fingerprint density at radius 2 is 1.60 bits per heavy atom. The fourth-order valence-electron chi connectivity index (χ4n) is 4.08. The third-order valence-electron chi connectivity index (χ3n) is 5.86. The Balaban J connectivity index is 1.75. The first-order valence-corrected chi connectivity index (χ1v) is 12.0. The molecule has 4 rings (SSSR count). The van der Waals surface area contributed by atoms with Crippen molar-refractivity contribution in [1.82, 2.24) is 19.6 Å².